The molecular weight excluding hydrogens is 278 g/mol. The van der Waals surface area contributed by atoms with Crippen LogP contribution in [0.5, 0.6) is 0 Å². The molecule has 0 bridgehead atoms. The molecule has 0 fully saturated rings. The molecule has 0 radical (unpaired) electrons. The predicted molar refractivity (Wildman–Crippen MR) is 87.9 cm³/mol. The Morgan fingerprint density at radius 2 is 1.82 bits per heavy atom. The Kier molecular flexibility index (Phi) is 4.78. The summed E-state index contributed by atoms with van der Waals surface area (Å²) >= 11 is 0. The van der Waals surface area contributed by atoms with Crippen molar-refractivity contribution >= 4 is 23.2 Å². The molecule has 1 atom stereocenters. The van der Waals surface area contributed by atoms with Crippen LogP contribution in [0.15, 0.2) is 48.5 Å². The van der Waals surface area contributed by atoms with Gasteiger partial charge in [-0.15, -0.1) is 0 Å². The Morgan fingerprint density at radius 1 is 1.09 bits per heavy atom. The molecule has 5 heteroatoms. The number of para-hydroxylation sites is 1. The van der Waals surface area contributed by atoms with Crippen molar-refractivity contribution in [2.75, 3.05) is 10.6 Å². The fourth-order valence-electron chi connectivity index (χ4n) is 2.03. The lowest BCUT2D eigenvalue weighted by atomic mass is 10.1. The molecule has 2 amide bonds. The summed E-state index contributed by atoms with van der Waals surface area (Å²) in [6.07, 6.45) is 0. The van der Waals surface area contributed by atoms with E-state index in [9.17, 15) is 9.59 Å². The van der Waals surface area contributed by atoms with Gasteiger partial charge in [0.15, 0.2) is 0 Å². The van der Waals surface area contributed by atoms with Gasteiger partial charge in [0.05, 0.1) is 0 Å². The average Bonchev–Trinajstić information content (AvgIpc) is 2.49. The van der Waals surface area contributed by atoms with E-state index in [1.807, 2.05) is 31.2 Å². The van der Waals surface area contributed by atoms with Crippen molar-refractivity contribution in [1.82, 2.24) is 0 Å². The smallest absolute Gasteiger partial charge is 0.248 e. The highest BCUT2D eigenvalue weighted by Gasteiger charge is 2.14. The van der Waals surface area contributed by atoms with Crippen molar-refractivity contribution in [3.63, 3.8) is 0 Å². The van der Waals surface area contributed by atoms with Crippen molar-refractivity contribution in [1.29, 1.82) is 0 Å². The first-order chi connectivity index (χ1) is 10.5. The Labute approximate surface area is 129 Å². The fourth-order valence-corrected chi connectivity index (χ4v) is 2.03. The lowest BCUT2D eigenvalue weighted by Gasteiger charge is -2.16. The predicted octanol–water partition coefficient (Wildman–Crippen LogP) is 2.53. The molecular formula is C17H19N3O2. The van der Waals surface area contributed by atoms with Crippen LogP contribution in [-0.4, -0.2) is 17.9 Å². The van der Waals surface area contributed by atoms with E-state index < -0.39 is 11.9 Å². The molecule has 0 aliphatic rings. The van der Waals surface area contributed by atoms with Crippen LogP contribution in [0.1, 0.15) is 22.8 Å². The van der Waals surface area contributed by atoms with Crippen molar-refractivity contribution in [2.24, 2.45) is 5.73 Å². The number of hydrogen-bond acceptors (Lipinski definition) is 3. The Bertz CT molecular complexity index is 698. The minimum atomic E-state index is -0.499. The van der Waals surface area contributed by atoms with Crippen LogP contribution in [0, 0.1) is 6.92 Å². The molecule has 0 aliphatic heterocycles. The minimum Gasteiger partial charge on any atom is -0.374 e. The molecule has 0 saturated heterocycles. The molecule has 114 valence electrons. The fraction of sp³-hybridized carbons (Fsp3) is 0.176. The third-order valence-corrected chi connectivity index (χ3v) is 3.33. The highest BCUT2D eigenvalue weighted by atomic mass is 16.2. The largest absolute Gasteiger partial charge is 0.374 e. The zero-order valence-corrected chi connectivity index (χ0v) is 12.6. The van der Waals surface area contributed by atoms with Crippen LogP contribution in [-0.2, 0) is 4.79 Å². The lowest BCUT2D eigenvalue weighted by molar-refractivity contribution is -0.116. The van der Waals surface area contributed by atoms with Crippen LogP contribution in [0.3, 0.4) is 0 Å². The number of carbonyl (C=O) groups excluding carboxylic acids is 2. The topological polar surface area (TPSA) is 84.2 Å². The maximum atomic E-state index is 12.2. The van der Waals surface area contributed by atoms with Crippen molar-refractivity contribution in [3.8, 4) is 0 Å². The SMILES string of the molecule is Cc1ccccc1NC(=O)[C@@H](C)Nc1cccc(C(N)=O)c1. The molecule has 2 rings (SSSR count). The van der Waals surface area contributed by atoms with E-state index in [4.69, 9.17) is 5.73 Å². The standard InChI is InChI=1S/C17H19N3O2/c1-11-6-3-4-9-15(11)20-17(22)12(2)19-14-8-5-7-13(10-14)16(18)21/h3-10,12,19H,1-2H3,(H2,18,21)(H,20,22)/t12-/m1/s1. The maximum Gasteiger partial charge on any atom is 0.248 e. The van der Waals surface area contributed by atoms with Gasteiger partial charge < -0.3 is 16.4 Å². The van der Waals surface area contributed by atoms with Gasteiger partial charge >= 0.3 is 0 Å². The number of hydrogen-bond donors (Lipinski definition) is 3. The third-order valence-electron chi connectivity index (χ3n) is 3.33. The van der Waals surface area contributed by atoms with Gasteiger partial charge in [-0.1, -0.05) is 24.3 Å². The Balaban J connectivity index is 2.04. The minimum absolute atomic E-state index is 0.154. The Morgan fingerprint density at radius 3 is 2.50 bits per heavy atom. The van der Waals surface area contributed by atoms with E-state index in [1.165, 1.54) is 0 Å². The van der Waals surface area contributed by atoms with E-state index >= 15 is 0 Å². The van der Waals surface area contributed by atoms with Crippen LogP contribution in [0.4, 0.5) is 11.4 Å². The van der Waals surface area contributed by atoms with Gasteiger partial charge in [-0.05, 0) is 43.7 Å². The summed E-state index contributed by atoms with van der Waals surface area (Å²) in [6.45, 7) is 3.69. The molecule has 0 aliphatic carbocycles. The summed E-state index contributed by atoms with van der Waals surface area (Å²) in [4.78, 5) is 23.4. The quantitative estimate of drug-likeness (QED) is 0.793. The van der Waals surface area contributed by atoms with Crippen LogP contribution < -0.4 is 16.4 Å². The number of aryl methyl sites for hydroxylation is 1. The number of amides is 2. The summed E-state index contributed by atoms with van der Waals surface area (Å²) in [5, 5.41) is 5.93. The summed E-state index contributed by atoms with van der Waals surface area (Å²) in [6, 6.07) is 13.9. The van der Waals surface area contributed by atoms with E-state index in [2.05, 4.69) is 10.6 Å². The van der Waals surface area contributed by atoms with Crippen LogP contribution >= 0.6 is 0 Å². The molecule has 0 heterocycles. The number of carbonyl (C=O) groups is 2. The summed E-state index contributed by atoms with van der Waals surface area (Å²) in [7, 11) is 0. The highest BCUT2D eigenvalue weighted by molar-refractivity contribution is 5.97. The molecule has 0 unspecified atom stereocenters. The zero-order chi connectivity index (χ0) is 16.1. The van der Waals surface area contributed by atoms with Gasteiger partial charge in [-0.25, -0.2) is 0 Å². The highest BCUT2D eigenvalue weighted by Crippen LogP contribution is 2.15. The van der Waals surface area contributed by atoms with Crippen molar-refractivity contribution in [3.05, 3.63) is 59.7 Å². The monoisotopic (exact) mass is 297 g/mol. The Hall–Kier alpha value is -2.82. The van der Waals surface area contributed by atoms with E-state index in [0.29, 0.717) is 11.3 Å². The molecule has 2 aromatic rings. The number of primary amides is 1. The van der Waals surface area contributed by atoms with Gasteiger partial charge in [0.2, 0.25) is 11.8 Å². The first kappa shape index (κ1) is 15.6. The van der Waals surface area contributed by atoms with Crippen LogP contribution in [0.2, 0.25) is 0 Å². The number of benzene rings is 2. The van der Waals surface area contributed by atoms with Gasteiger partial charge in [-0.2, -0.15) is 0 Å². The molecule has 0 spiro atoms. The molecule has 4 N–H and O–H groups in total. The molecule has 2 aromatic carbocycles. The normalized spacial score (nSPS) is 11.5. The van der Waals surface area contributed by atoms with Crippen molar-refractivity contribution < 1.29 is 9.59 Å². The molecule has 0 aromatic heterocycles. The number of nitrogens with two attached hydrogens (primary N) is 1. The third kappa shape index (κ3) is 3.85. The van der Waals surface area contributed by atoms with E-state index in [-0.39, 0.29) is 5.91 Å². The zero-order valence-electron chi connectivity index (χ0n) is 12.6. The van der Waals surface area contributed by atoms with Gasteiger partial charge in [0.25, 0.3) is 0 Å². The van der Waals surface area contributed by atoms with E-state index in [0.717, 1.165) is 11.3 Å². The molecule has 22 heavy (non-hydrogen) atoms. The molecule has 0 saturated carbocycles. The number of rotatable bonds is 5. The number of anilines is 2. The summed E-state index contributed by atoms with van der Waals surface area (Å²) in [5.74, 6) is -0.653. The molecule has 5 nitrogen and oxygen atoms in total. The van der Waals surface area contributed by atoms with Gasteiger partial charge in [0, 0.05) is 16.9 Å². The van der Waals surface area contributed by atoms with Gasteiger partial charge in [0.1, 0.15) is 6.04 Å². The first-order valence-electron chi connectivity index (χ1n) is 7.00. The number of nitrogens with one attached hydrogen (secondary N) is 2. The van der Waals surface area contributed by atoms with Crippen molar-refractivity contribution in [2.45, 2.75) is 19.9 Å². The summed E-state index contributed by atoms with van der Waals surface area (Å²) in [5.41, 5.74) is 8.10. The maximum absolute atomic E-state index is 12.2. The first-order valence-corrected chi connectivity index (χ1v) is 7.00. The second-order valence-electron chi connectivity index (χ2n) is 5.12. The lowest BCUT2D eigenvalue weighted by Crippen LogP contribution is -2.32. The average molecular weight is 297 g/mol. The van der Waals surface area contributed by atoms with Crippen LogP contribution in [0.25, 0.3) is 0 Å². The second kappa shape index (κ2) is 6.76. The second-order valence-corrected chi connectivity index (χ2v) is 5.12. The van der Waals surface area contributed by atoms with E-state index in [1.54, 1.807) is 31.2 Å². The summed E-state index contributed by atoms with van der Waals surface area (Å²) < 4.78 is 0. The van der Waals surface area contributed by atoms with Gasteiger partial charge in [-0.3, -0.25) is 9.59 Å².